The van der Waals surface area contributed by atoms with Crippen LogP contribution in [-0.2, 0) is 28.8 Å². The largest absolute Gasteiger partial charge is 0.468 e. The van der Waals surface area contributed by atoms with E-state index in [0.717, 1.165) is 10.7 Å². The average molecular weight is 459 g/mol. The molecule has 1 aromatic heterocycles. The molecule has 1 unspecified atom stereocenters. The van der Waals surface area contributed by atoms with Crippen LogP contribution in [0.25, 0.3) is 0 Å². The third-order valence-electron chi connectivity index (χ3n) is 3.75. The second kappa shape index (κ2) is 8.87. The van der Waals surface area contributed by atoms with Crippen molar-refractivity contribution in [2.45, 2.75) is 17.4 Å². The van der Waals surface area contributed by atoms with Gasteiger partial charge in [0.25, 0.3) is 0 Å². The van der Waals surface area contributed by atoms with Crippen LogP contribution in [0.3, 0.4) is 0 Å². The fraction of sp³-hybridized carbons (Fsp3) is 0.353. The van der Waals surface area contributed by atoms with E-state index in [9.17, 15) is 13.2 Å². The van der Waals surface area contributed by atoms with Crippen LogP contribution in [0.4, 0.5) is 0 Å². The summed E-state index contributed by atoms with van der Waals surface area (Å²) in [6.07, 6.45) is 1.38. The monoisotopic (exact) mass is 458 g/mol. The average Bonchev–Trinajstić information content (AvgIpc) is 2.64. The molecule has 1 atom stereocenters. The first-order chi connectivity index (χ1) is 12.7. The zero-order valence-electron chi connectivity index (χ0n) is 15.2. The van der Waals surface area contributed by atoms with Crippen LogP contribution in [0.1, 0.15) is 29.0 Å². The highest BCUT2D eigenvalue weighted by Gasteiger charge is 2.32. The van der Waals surface area contributed by atoms with Gasteiger partial charge < -0.3 is 14.2 Å². The fourth-order valence-electron chi connectivity index (χ4n) is 2.51. The molecular weight excluding hydrogens is 440 g/mol. The summed E-state index contributed by atoms with van der Waals surface area (Å²) in [5.41, 5.74) is 1.02. The topological polar surface area (TPSA) is 105 Å². The van der Waals surface area contributed by atoms with Crippen molar-refractivity contribution in [1.82, 2.24) is 9.97 Å². The van der Waals surface area contributed by atoms with E-state index >= 15 is 0 Å². The molecule has 146 valence electrons. The summed E-state index contributed by atoms with van der Waals surface area (Å²) < 4.78 is 40.2. The van der Waals surface area contributed by atoms with Crippen molar-refractivity contribution in [3.8, 4) is 0 Å². The molecule has 2 rings (SSSR count). The number of hydrogen-bond donors (Lipinski definition) is 0. The predicted octanol–water partition coefficient (Wildman–Crippen LogP) is 2.24. The molecule has 0 saturated heterocycles. The first-order valence-corrected chi connectivity index (χ1v) is 10.4. The Balaban J connectivity index is 2.77. The van der Waals surface area contributed by atoms with Crippen LogP contribution in [-0.4, -0.2) is 51.9 Å². The standard InChI is InChI=1S/C17H19BrN2O6S/c1-24-15(21)13(10-5-7-11(18)8-6-10)14-12(16(25-2)26-3)9-19-17(20-14)27(4,22)23/h5-9,13,16H,1-4H3. The summed E-state index contributed by atoms with van der Waals surface area (Å²) in [4.78, 5) is 20.6. The Bertz CT molecular complexity index is 914. The molecule has 0 aliphatic heterocycles. The highest BCUT2D eigenvalue weighted by atomic mass is 79.9. The van der Waals surface area contributed by atoms with Gasteiger partial charge in [-0.2, -0.15) is 0 Å². The highest BCUT2D eigenvalue weighted by molar-refractivity contribution is 9.10. The molecule has 1 aromatic carbocycles. The lowest BCUT2D eigenvalue weighted by Crippen LogP contribution is -2.22. The zero-order valence-corrected chi connectivity index (χ0v) is 17.6. The van der Waals surface area contributed by atoms with Crippen LogP contribution in [0.2, 0.25) is 0 Å². The van der Waals surface area contributed by atoms with E-state index in [-0.39, 0.29) is 5.69 Å². The number of ether oxygens (including phenoxy) is 3. The minimum atomic E-state index is -3.70. The van der Waals surface area contributed by atoms with E-state index in [1.807, 2.05) is 0 Å². The predicted molar refractivity (Wildman–Crippen MR) is 99.9 cm³/mol. The molecule has 10 heteroatoms. The molecule has 0 aliphatic rings. The van der Waals surface area contributed by atoms with Gasteiger partial charge in [0.1, 0.15) is 5.92 Å². The van der Waals surface area contributed by atoms with Gasteiger partial charge in [0.05, 0.1) is 12.8 Å². The second-order valence-electron chi connectivity index (χ2n) is 5.58. The first kappa shape index (κ1) is 21.4. The van der Waals surface area contributed by atoms with Crippen LogP contribution in [0.5, 0.6) is 0 Å². The van der Waals surface area contributed by atoms with E-state index in [1.54, 1.807) is 24.3 Å². The highest BCUT2D eigenvalue weighted by Crippen LogP contribution is 2.32. The van der Waals surface area contributed by atoms with Crippen molar-refractivity contribution < 1.29 is 27.4 Å². The van der Waals surface area contributed by atoms with E-state index < -0.39 is 33.2 Å². The molecule has 0 amide bonds. The van der Waals surface area contributed by atoms with E-state index in [2.05, 4.69) is 25.9 Å². The minimum absolute atomic E-state index is 0.133. The fourth-order valence-corrected chi connectivity index (χ4v) is 3.28. The third kappa shape index (κ3) is 4.89. The van der Waals surface area contributed by atoms with Gasteiger partial charge in [-0.1, -0.05) is 28.1 Å². The number of hydrogen-bond acceptors (Lipinski definition) is 8. The first-order valence-electron chi connectivity index (χ1n) is 7.68. The Morgan fingerprint density at radius 2 is 1.70 bits per heavy atom. The Hall–Kier alpha value is -1.88. The minimum Gasteiger partial charge on any atom is -0.468 e. The number of aromatic nitrogens is 2. The number of esters is 1. The molecule has 2 aromatic rings. The Kier molecular flexibility index (Phi) is 7.04. The molecular formula is C17H19BrN2O6S. The van der Waals surface area contributed by atoms with Gasteiger partial charge in [-0.25, -0.2) is 18.4 Å². The molecule has 27 heavy (non-hydrogen) atoms. The van der Waals surface area contributed by atoms with Gasteiger partial charge in [0.2, 0.25) is 15.0 Å². The summed E-state index contributed by atoms with van der Waals surface area (Å²) in [6.45, 7) is 0. The normalized spacial score (nSPS) is 12.8. The lowest BCUT2D eigenvalue weighted by Gasteiger charge is -2.22. The van der Waals surface area contributed by atoms with Crippen molar-refractivity contribution in [3.63, 3.8) is 0 Å². The van der Waals surface area contributed by atoms with Crippen molar-refractivity contribution in [3.05, 3.63) is 51.8 Å². The van der Waals surface area contributed by atoms with E-state index in [4.69, 9.17) is 14.2 Å². The number of nitrogens with zero attached hydrogens (tertiary/aromatic N) is 2. The lowest BCUT2D eigenvalue weighted by atomic mass is 9.92. The number of carbonyl (C=O) groups excluding carboxylic acids is 1. The number of benzene rings is 1. The molecule has 0 saturated carbocycles. The zero-order chi connectivity index (χ0) is 20.2. The van der Waals surface area contributed by atoms with Crippen molar-refractivity contribution in [2.24, 2.45) is 0 Å². The molecule has 8 nitrogen and oxygen atoms in total. The molecule has 0 fully saturated rings. The Morgan fingerprint density at radius 1 is 1.11 bits per heavy atom. The Morgan fingerprint density at radius 3 is 2.19 bits per heavy atom. The van der Waals surface area contributed by atoms with Gasteiger partial charge >= 0.3 is 5.97 Å². The number of halogens is 1. The van der Waals surface area contributed by atoms with Gasteiger partial charge in [-0.05, 0) is 17.7 Å². The maximum Gasteiger partial charge on any atom is 0.319 e. The molecule has 0 radical (unpaired) electrons. The van der Waals surface area contributed by atoms with Gasteiger partial charge in [-0.3, -0.25) is 4.79 Å². The molecule has 0 bridgehead atoms. The number of carbonyl (C=O) groups is 1. The summed E-state index contributed by atoms with van der Waals surface area (Å²) in [7, 11) is 0.371. The SMILES string of the molecule is COC(=O)C(c1ccc(Br)cc1)c1nc(S(C)(=O)=O)ncc1C(OC)OC. The summed E-state index contributed by atoms with van der Waals surface area (Å²) in [6, 6.07) is 6.94. The molecule has 0 aliphatic carbocycles. The van der Waals surface area contributed by atoms with Crippen LogP contribution >= 0.6 is 15.9 Å². The number of rotatable bonds is 7. The van der Waals surface area contributed by atoms with Gasteiger partial charge in [0, 0.05) is 36.7 Å². The van der Waals surface area contributed by atoms with Crippen LogP contribution in [0, 0.1) is 0 Å². The van der Waals surface area contributed by atoms with Gasteiger partial charge in [-0.15, -0.1) is 0 Å². The van der Waals surface area contributed by atoms with Crippen molar-refractivity contribution >= 4 is 31.7 Å². The number of sulfone groups is 1. The quantitative estimate of drug-likeness (QED) is 0.353. The summed E-state index contributed by atoms with van der Waals surface area (Å²) >= 11 is 3.34. The van der Waals surface area contributed by atoms with Crippen molar-refractivity contribution in [2.75, 3.05) is 27.6 Å². The summed E-state index contributed by atoms with van der Waals surface area (Å²) in [5.74, 6) is -1.60. The molecule has 0 N–H and O–H groups in total. The summed E-state index contributed by atoms with van der Waals surface area (Å²) in [5, 5.41) is -0.404. The van der Waals surface area contributed by atoms with Crippen LogP contribution in [0.15, 0.2) is 40.1 Å². The maximum atomic E-state index is 12.6. The molecule has 0 spiro atoms. The molecule has 1 heterocycles. The van der Waals surface area contributed by atoms with Gasteiger partial charge in [0.15, 0.2) is 6.29 Å². The van der Waals surface area contributed by atoms with Crippen molar-refractivity contribution in [1.29, 1.82) is 0 Å². The van der Waals surface area contributed by atoms with E-state index in [1.165, 1.54) is 27.5 Å². The number of methoxy groups -OCH3 is 3. The smallest absolute Gasteiger partial charge is 0.319 e. The van der Waals surface area contributed by atoms with E-state index in [0.29, 0.717) is 11.1 Å². The van der Waals surface area contributed by atoms with Crippen LogP contribution < -0.4 is 0 Å². The maximum absolute atomic E-state index is 12.6. The lowest BCUT2D eigenvalue weighted by molar-refractivity contribution is -0.141. The Labute approximate surface area is 165 Å². The second-order valence-corrected chi connectivity index (χ2v) is 8.40. The third-order valence-corrected chi connectivity index (χ3v) is 5.14.